The molecule has 0 bridgehead atoms. The minimum atomic E-state index is -3.12. The number of sulfonamides is 1. The van der Waals surface area contributed by atoms with E-state index >= 15 is 0 Å². The fraction of sp³-hybridized carbons (Fsp3) is 0.941. The van der Waals surface area contributed by atoms with Crippen molar-refractivity contribution in [3.8, 4) is 0 Å². The van der Waals surface area contributed by atoms with Gasteiger partial charge in [-0.1, -0.05) is 13.3 Å². The maximum Gasteiger partial charge on any atom is 0.213 e. The predicted octanol–water partition coefficient (Wildman–Crippen LogP) is 1.29. The van der Waals surface area contributed by atoms with Gasteiger partial charge in [-0.15, -0.1) is 0 Å². The van der Waals surface area contributed by atoms with Gasteiger partial charge in [-0.05, 0) is 39.5 Å². The van der Waals surface area contributed by atoms with Crippen LogP contribution in [0.3, 0.4) is 0 Å². The summed E-state index contributed by atoms with van der Waals surface area (Å²) in [5.41, 5.74) is 0. The molecule has 0 radical (unpaired) electrons. The van der Waals surface area contributed by atoms with Crippen LogP contribution in [0.15, 0.2) is 4.99 Å². The molecule has 0 aromatic carbocycles. The average Bonchev–Trinajstić information content (AvgIpc) is 2.64. The molecular formula is C17H36N4O3S2. The van der Waals surface area contributed by atoms with Crippen LogP contribution in [0.4, 0.5) is 0 Å². The summed E-state index contributed by atoms with van der Waals surface area (Å²) in [6.45, 7) is 7.46. The first-order valence-electron chi connectivity index (χ1n) is 9.70. The molecule has 0 amide bonds. The van der Waals surface area contributed by atoms with Crippen LogP contribution in [-0.4, -0.2) is 72.4 Å². The lowest BCUT2D eigenvalue weighted by molar-refractivity contribution is 0.413. The maximum atomic E-state index is 12.1. The van der Waals surface area contributed by atoms with Gasteiger partial charge in [0, 0.05) is 54.5 Å². The third kappa shape index (κ3) is 7.92. The molecule has 9 heteroatoms. The average molecular weight is 409 g/mol. The zero-order valence-electron chi connectivity index (χ0n) is 16.7. The molecule has 0 aliphatic heterocycles. The minimum absolute atomic E-state index is 0.124. The number of hydrogen-bond donors (Lipinski definition) is 2. The molecule has 0 spiro atoms. The Hall–Kier alpha value is -0.670. The van der Waals surface area contributed by atoms with Crippen molar-refractivity contribution in [1.29, 1.82) is 0 Å². The van der Waals surface area contributed by atoms with E-state index < -0.39 is 20.8 Å². The molecule has 1 fully saturated rings. The molecule has 3 unspecified atom stereocenters. The second-order valence-corrected chi connectivity index (χ2v) is 11.0. The summed E-state index contributed by atoms with van der Waals surface area (Å²) in [7, 11) is -2.25. The highest BCUT2D eigenvalue weighted by atomic mass is 32.2. The van der Waals surface area contributed by atoms with Crippen molar-refractivity contribution in [2.75, 3.05) is 38.2 Å². The standard InChI is InChI=1S/C17H36N4O3S2/c1-5-18-17(19-12-9-13-21(4)26(23,24)7-3)20-15-10-8-11-16(14-15)25(22)6-2/h15-16H,5-14H2,1-4H3,(H2,18,19,20). The third-order valence-corrected chi connectivity index (χ3v) is 8.31. The zero-order valence-corrected chi connectivity index (χ0v) is 18.3. The first-order chi connectivity index (χ1) is 12.3. The molecule has 1 rings (SSSR count). The Morgan fingerprint density at radius 2 is 2.00 bits per heavy atom. The monoisotopic (exact) mass is 408 g/mol. The van der Waals surface area contributed by atoms with Crippen molar-refractivity contribution in [3.05, 3.63) is 0 Å². The highest BCUT2D eigenvalue weighted by Crippen LogP contribution is 2.22. The zero-order chi connectivity index (χ0) is 19.6. The van der Waals surface area contributed by atoms with Crippen LogP contribution in [0.2, 0.25) is 0 Å². The van der Waals surface area contributed by atoms with Crippen molar-refractivity contribution in [1.82, 2.24) is 14.9 Å². The van der Waals surface area contributed by atoms with Gasteiger partial charge in [-0.2, -0.15) is 0 Å². The number of rotatable bonds is 10. The van der Waals surface area contributed by atoms with Gasteiger partial charge < -0.3 is 10.6 Å². The Morgan fingerprint density at radius 1 is 1.27 bits per heavy atom. The van der Waals surface area contributed by atoms with E-state index in [4.69, 9.17) is 0 Å². The van der Waals surface area contributed by atoms with Gasteiger partial charge in [0.25, 0.3) is 0 Å². The second kappa shape index (κ2) is 11.9. The highest BCUT2D eigenvalue weighted by Gasteiger charge is 2.26. The molecule has 0 aromatic rings. The SMILES string of the molecule is CCNC(=NCCCN(C)S(=O)(=O)CC)NC1CCCC(S(=O)CC)C1. The molecule has 0 aromatic heterocycles. The molecule has 1 saturated carbocycles. The van der Waals surface area contributed by atoms with Crippen molar-refractivity contribution >= 4 is 26.8 Å². The Morgan fingerprint density at radius 3 is 2.62 bits per heavy atom. The topological polar surface area (TPSA) is 90.9 Å². The summed E-state index contributed by atoms with van der Waals surface area (Å²) in [4.78, 5) is 4.57. The van der Waals surface area contributed by atoms with Crippen LogP contribution in [0.5, 0.6) is 0 Å². The third-order valence-electron chi connectivity index (χ3n) is 4.71. The van der Waals surface area contributed by atoms with E-state index in [0.717, 1.165) is 43.9 Å². The Bertz CT molecular complexity index is 566. The number of nitrogens with zero attached hydrogens (tertiary/aromatic N) is 2. The van der Waals surface area contributed by atoms with Gasteiger partial charge in [0.2, 0.25) is 10.0 Å². The fourth-order valence-corrected chi connectivity index (χ4v) is 5.30. The van der Waals surface area contributed by atoms with E-state index in [0.29, 0.717) is 25.6 Å². The lowest BCUT2D eigenvalue weighted by atomic mass is 9.95. The Kier molecular flexibility index (Phi) is 10.7. The van der Waals surface area contributed by atoms with Crippen molar-refractivity contribution < 1.29 is 12.6 Å². The van der Waals surface area contributed by atoms with Crippen LogP contribution < -0.4 is 10.6 Å². The first-order valence-corrected chi connectivity index (χ1v) is 12.7. The van der Waals surface area contributed by atoms with Crippen LogP contribution in [0, 0.1) is 0 Å². The minimum Gasteiger partial charge on any atom is -0.357 e. The van der Waals surface area contributed by atoms with E-state index in [1.807, 2.05) is 13.8 Å². The van der Waals surface area contributed by atoms with Crippen LogP contribution in [0.25, 0.3) is 0 Å². The Labute approximate surface area is 161 Å². The van der Waals surface area contributed by atoms with Crippen LogP contribution in [-0.2, 0) is 20.8 Å². The number of hydrogen-bond acceptors (Lipinski definition) is 4. The molecular weight excluding hydrogens is 372 g/mol. The van der Waals surface area contributed by atoms with Crippen molar-refractivity contribution in [2.45, 2.75) is 64.2 Å². The van der Waals surface area contributed by atoms with E-state index in [9.17, 15) is 12.6 Å². The Balaban J connectivity index is 2.51. The van der Waals surface area contributed by atoms with Gasteiger partial charge in [0.05, 0.1) is 5.75 Å². The predicted molar refractivity (Wildman–Crippen MR) is 111 cm³/mol. The van der Waals surface area contributed by atoms with E-state index in [1.54, 1.807) is 14.0 Å². The molecule has 0 heterocycles. The molecule has 3 atom stereocenters. The van der Waals surface area contributed by atoms with Crippen molar-refractivity contribution in [3.63, 3.8) is 0 Å². The quantitative estimate of drug-likeness (QED) is 0.323. The summed E-state index contributed by atoms with van der Waals surface area (Å²) < 4.78 is 37.0. The van der Waals surface area contributed by atoms with Crippen molar-refractivity contribution in [2.24, 2.45) is 4.99 Å². The summed E-state index contributed by atoms with van der Waals surface area (Å²) in [5.74, 6) is 1.61. The highest BCUT2D eigenvalue weighted by molar-refractivity contribution is 7.89. The van der Waals surface area contributed by atoms with Crippen LogP contribution >= 0.6 is 0 Å². The molecule has 2 N–H and O–H groups in total. The molecule has 0 saturated heterocycles. The van der Waals surface area contributed by atoms with E-state index in [-0.39, 0.29) is 11.0 Å². The number of guanidine groups is 1. The second-order valence-electron chi connectivity index (χ2n) is 6.64. The lowest BCUT2D eigenvalue weighted by Gasteiger charge is -2.30. The normalized spacial score (nSPS) is 23.0. The van der Waals surface area contributed by atoms with Crippen LogP contribution in [0.1, 0.15) is 52.9 Å². The van der Waals surface area contributed by atoms with Gasteiger partial charge in [-0.25, -0.2) is 12.7 Å². The fourth-order valence-electron chi connectivity index (χ4n) is 3.11. The smallest absolute Gasteiger partial charge is 0.213 e. The largest absolute Gasteiger partial charge is 0.357 e. The molecule has 154 valence electrons. The summed E-state index contributed by atoms with van der Waals surface area (Å²) in [6, 6.07) is 0.296. The molecule has 1 aliphatic carbocycles. The van der Waals surface area contributed by atoms with E-state index in [1.165, 1.54) is 4.31 Å². The number of aliphatic imine (C=N–C) groups is 1. The summed E-state index contributed by atoms with van der Waals surface area (Å²) >= 11 is 0. The molecule has 1 aliphatic rings. The number of nitrogens with one attached hydrogen (secondary N) is 2. The summed E-state index contributed by atoms with van der Waals surface area (Å²) in [5, 5.41) is 7.00. The van der Waals surface area contributed by atoms with Gasteiger partial charge in [-0.3, -0.25) is 9.20 Å². The first kappa shape index (κ1) is 23.4. The summed E-state index contributed by atoms with van der Waals surface area (Å²) in [6.07, 6.45) is 4.80. The van der Waals surface area contributed by atoms with Gasteiger partial charge >= 0.3 is 0 Å². The lowest BCUT2D eigenvalue weighted by Crippen LogP contribution is -2.46. The molecule has 7 nitrogen and oxygen atoms in total. The molecule has 26 heavy (non-hydrogen) atoms. The van der Waals surface area contributed by atoms with Gasteiger partial charge in [0.1, 0.15) is 0 Å². The van der Waals surface area contributed by atoms with E-state index in [2.05, 4.69) is 15.6 Å². The maximum absolute atomic E-state index is 12.1. The van der Waals surface area contributed by atoms with Gasteiger partial charge in [0.15, 0.2) is 5.96 Å².